The molecule has 2 aliphatic rings. The maximum atomic E-state index is 12.2. The summed E-state index contributed by atoms with van der Waals surface area (Å²) in [6.07, 6.45) is -0.224. The average Bonchev–Trinajstić information content (AvgIpc) is 3.73. The minimum Gasteiger partial charge on any atom is -0.389 e. The molecule has 0 aliphatic carbocycles. The Morgan fingerprint density at radius 2 is 2.14 bits per heavy atom. The van der Waals surface area contributed by atoms with Crippen LogP contribution >= 0.6 is 34.1 Å². The van der Waals surface area contributed by atoms with Crippen LogP contribution in [0.1, 0.15) is 30.0 Å². The molecule has 4 aromatic rings. The highest BCUT2D eigenvalue weighted by Crippen LogP contribution is 2.46. The number of H-pyrrole nitrogens is 1. The van der Waals surface area contributed by atoms with Gasteiger partial charge in [-0.1, -0.05) is 5.21 Å². The van der Waals surface area contributed by atoms with Crippen molar-refractivity contribution < 1.29 is 28.4 Å². The van der Waals surface area contributed by atoms with Crippen LogP contribution in [0.4, 0.5) is 11.8 Å². The van der Waals surface area contributed by atoms with Gasteiger partial charge in [0.2, 0.25) is 5.95 Å². The first-order valence-corrected chi connectivity index (χ1v) is 14.5. The number of anilines is 2. The van der Waals surface area contributed by atoms with E-state index in [1.807, 2.05) is 0 Å². The molecule has 42 heavy (non-hydrogen) atoms. The van der Waals surface area contributed by atoms with Gasteiger partial charge in [0, 0.05) is 27.1 Å². The second-order valence-electron chi connectivity index (χ2n) is 9.86. The zero-order valence-electron chi connectivity index (χ0n) is 21.7. The summed E-state index contributed by atoms with van der Waals surface area (Å²) >= 11 is 5.19. The maximum absolute atomic E-state index is 12.2. The van der Waals surface area contributed by atoms with Gasteiger partial charge in [-0.2, -0.15) is 10.1 Å². The first-order valence-electron chi connectivity index (χ1n) is 12.7. The van der Waals surface area contributed by atoms with Gasteiger partial charge in [0.1, 0.15) is 23.9 Å². The molecule has 7 N–H and O–H groups in total. The number of aromatic nitrogens is 9. The molecule has 6 rings (SSSR count). The largest absolute Gasteiger partial charge is 0.389 e. The highest BCUT2D eigenvalue weighted by molar-refractivity contribution is 8.00. The number of aliphatic hydroxyl groups excluding tert-OH is 2. The number of aliphatic hydroxyl groups is 2. The van der Waals surface area contributed by atoms with E-state index in [0.717, 1.165) is 0 Å². The van der Waals surface area contributed by atoms with Crippen LogP contribution in [0.5, 0.6) is 0 Å². The second kappa shape index (κ2) is 12.1. The quantitative estimate of drug-likeness (QED) is 0.0526. The first-order chi connectivity index (χ1) is 20.3. The number of hydrogen-bond acceptors (Lipinski definition) is 17. The molecular formula is C21H28N11O7PS2. The fourth-order valence-electron chi connectivity index (χ4n) is 5.27. The number of nitrogens with two attached hydrogens (primary N) is 2. The fourth-order valence-corrected chi connectivity index (χ4v) is 7.36. The molecule has 2 fully saturated rings. The minimum atomic E-state index is -1.22. The molecule has 18 nitrogen and oxygen atoms in total. The van der Waals surface area contributed by atoms with Gasteiger partial charge < -0.3 is 39.9 Å². The van der Waals surface area contributed by atoms with E-state index in [4.69, 9.17) is 29.6 Å². The molecule has 9 atom stereocenters. The molecule has 6 heterocycles. The van der Waals surface area contributed by atoms with E-state index in [1.54, 1.807) is 10.7 Å². The van der Waals surface area contributed by atoms with Gasteiger partial charge in [0.25, 0.3) is 5.56 Å². The summed E-state index contributed by atoms with van der Waals surface area (Å²) in [6.45, 7) is 0.444. The number of thiol groups is 1. The Labute approximate surface area is 248 Å². The summed E-state index contributed by atoms with van der Waals surface area (Å²) in [5.74, 6) is 0.0204. The predicted octanol–water partition coefficient (Wildman–Crippen LogP) is -1.00. The number of nitrogens with zero attached hydrogens (tertiary/aromatic N) is 8. The Kier molecular flexibility index (Phi) is 8.49. The number of thioether (sulfide) groups is 1. The number of nitrogens with one attached hydrogen (secondary N) is 1. The van der Waals surface area contributed by atoms with Crippen molar-refractivity contribution in [2.75, 3.05) is 24.7 Å². The summed E-state index contributed by atoms with van der Waals surface area (Å²) in [5, 5.41) is 32.7. The topological polar surface area (TPSA) is 249 Å². The van der Waals surface area contributed by atoms with E-state index < -0.39 is 34.7 Å². The summed E-state index contributed by atoms with van der Waals surface area (Å²) < 4.78 is 25.6. The molecule has 0 saturated carbocycles. The fraction of sp³-hybridized carbons (Fsp3) is 0.571. The van der Waals surface area contributed by atoms with Crippen LogP contribution in [0.25, 0.3) is 16.8 Å². The highest BCUT2D eigenvalue weighted by atomic mass is 32.2. The van der Waals surface area contributed by atoms with Crippen LogP contribution in [-0.4, -0.2) is 97.8 Å². The molecule has 0 radical (unpaired) electrons. The van der Waals surface area contributed by atoms with E-state index >= 15 is 0 Å². The van der Waals surface area contributed by atoms with E-state index in [0.29, 0.717) is 17.8 Å². The Balaban J connectivity index is 1.11. The Hall–Kier alpha value is -2.68. The second-order valence-corrected chi connectivity index (χ2v) is 11.8. The molecule has 4 aromatic heterocycles. The standard InChI is InChI=1S/C21H28N11O7PS2/c22-16-18-24-3-8(31(18)26-6-25-16)9-1-7(10(38-9)5-37-40)4-36-12(33)2-11-14(34)15(39-41)20(42-11)32-17-13(29-30-32)19(35)28-21(23)27-17/h3,6-7,9-12,14-15,20,33-34,41H,1-2,4-5,40H2,(H2,22,25,26)(H3,23,27,28,35)/t7-,9-,10-,11?,12?,14-,15-,20-/m1/s1. The number of aromatic amines is 1. The van der Waals surface area contributed by atoms with Crippen LogP contribution in [-0.2, 0) is 18.2 Å². The number of hydrogen-bond donors (Lipinski definition) is 6. The molecule has 0 spiro atoms. The van der Waals surface area contributed by atoms with Crippen molar-refractivity contribution in [2.24, 2.45) is 5.92 Å². The minimum absolute atomic E-state index is 0.00929. The molecule has 226 valence electrons. The number of rotatable bonds is 10. The van der Waals surface area contributed by atoms with Crippen molar-refractivity contribution in [3.63, 3.8) is 0 Å². The molecule has 2 aliphatic heterocycles. The molecule has 0 bridgehead atoms. The summed E-state index contributed by atoms with van der Waals surface area (Å²) in [5.41, 5.74) is 12.3. The van der Waals surface area contributed by atoms with Gasteiger partial charge in [-0.3, -0.25) is 9.78 Å². The van der Waals surface area contributed by atoms with Crippen LogP contribution in [0.3, 0.4) is 0 Å². The van der Waals surface area contributed by atoms with Crippen LogP contribution < -0.4 is 17.0 Å². The zero-order chi connectivity index (χ0) is 29.5. The Morgan fingerprint density at radius 1 is 1.31 bits per heavy atom. The lowest BCUT2D eigenvalue weighted by Gasteiger charge is -2.22. The van der Waals surface area contributed by atoms with Gasteiger partial charge in [-0.05, 0) is 19.3 Å². The molecule has 0 aromatic carbocycles. The van der Waals surface area contributed by atoms with E-state index in [9.17, 15) is 15.0 Å². The third kappa shape index (κ3) is 5.42. The monoisotopic (exact) mass is 641 g/mol. The number of nitrogen functional groups attached to an aromatic ring is 2. The third-order valence-corrected chi connectivity index (χ3v) is 9.30. The van der Waals surface area contributed by atoms with Gasteiger partial charge in [0.15, 0.2) is 28.9 Å². The lowest BCUT2D eigenvalue weighted by Crippen LogP contribution is -2.35. The van der Waals surface area contributed by atoms with Crippen molar-refractivity contribution in [3.05, 3.63) is 28.6 Å². The number of fused-ring (bicyclic) bond motifs is 2. The molecule has 2 saturated heterocycles. The van der Waals surface area contributed by atoms with E-state index in [-0.39, 0.29) is 60.7 Å². The van der Waals surface area contributed by atoms with Crippen LogP contribution in [0.15, 0.2) is 17.3 Å². The van der Waals surface area contributed by atoms with Crippen molar-refractivity contribution in [1.82, 2.24) is 44.5 Å². The smallest absolute Gasteiger partial charge is 0.282 e. The van der Waals surface area contributed by atoms with Gasteiger partial charge in [0.05, 0.1) is 37.3 Å². The van der Waals surface area contributed by atoms with Crippen molar-refractivity contribution in [2.45, 2.75) is 54.2 Å². The number of ether oxygens (including phenoxy) is 2. The molecule has 3 unspecified atom stereocenters. The van der Waals surface area contributed by atoms with Crippen LogP contribution in [0, 0.1) is 5.92 Å². The highest BCUT2D eigenvalue weighted by Gasteiger charge is 2.47. The third-order valence-electron chi connectivity index (χ3n) is 7.29. The maximum Gasteiger partial charge on any atom is 0.282 e. The zero-order valence-corrected chi connectivity index (χ0v) is 24.6. The summed E-state index contributed by atoms with van der Waals surface area (Å²) in [4.78, 5) is 26.9. The average molecular weight is 642 g/mol. The molecular weight excluding hydrogens is 613 g/mol. The SMILES string of the molecule is Nc1nc2c(nnn2[C@@H]2SC(CC(O)OC[C@H]3C[C@H](c4cnc5c(N)ncnn45)O[C@@H]3COP)[C@@H](O)[C@H]2OS)c(=O)[nH]1. The Morgan fingerprint density at radius 3 is 2.93 bits per heavy atom. The van der Waals surface area contributed by atoms with Gasteiger partial charge in [-0.25, -0.2) is 19.2 Å². The normalized spacial score (nSPS) is 28.7. The predicted molar refractivity (Wildman–Crippen MR) is 154 cm³/mol. The summed E-state index contributed by atoms with van der Waals surface area (Å²) in [7, 11) is 2.21. The summed E-state index contributed by atoms with van der Waals surface area (Å²) in [6, 6.07) is 0. The lowest BCUT2D eigenvalue weighted by atomic mass is 9.99. The molecule has 0 amide bonds. The van der Waals surface area contributed by atoms with Crippen molar-refractivity contribution in [1.29, 1.82) is 0 Å². The Bertz CT molecular complexity index is 1620. The van der Waals surface area contributed by atoms with Crippen molar-refractivity contribution >= 4 is 62.7 Å². The number of imidazole rings is 1. The van der Waals surface area contributed by atoms with E-state index in [1.165, 1.54) is 22.8 Å². The van der Waals surface area contributed by atoms with Crippen LogP contribution in [0.2, 0.25) is 0 Å². The van der Waals surface area contributed by atoms with E-state index in [2.05, 4.69) is 57.7 Å². The molecule has 21 heteroatoms. The van der Waals surface area contributed by atoms with Gasteiger partial charge >= 0.3 is 0 Å². The van der Waals surface area contributed by atoms with Gasteiger partial charge in [-0.15, -0.1) is 16.9 Å². The lowest BCUT2D eigenvalue weighted by molar-refractivity contribution is -0.123. The first kappa shape index (κ1) is 29.4. The van der Waals surface area contributed by atoms with Crippen molar-refractivity contribution in [3.8, 4) is 0 Å².